The number of benzene rings is 1. The van der Waals surface area contributed by atoms with Crippen molar-refractivity contribution in [2.45, 2.75) is 32.2 Å². The summed E-state index contributed by atoms with van der Waals surface area (Å²) in [7, 11) is 4.24. The maximum atomic E-state index is 4.73. The Kier molecular flexibility index (Phi) is 5.12. The fourth-order valence-electron chi connectivity index (χ4n) is 4.13. The van der Waals surface area contributed by atoms with Crippen LogP contribution >= 0.6 is 0 Å². The summed E-state index contributed by atoms with van der Waals surface area (Å²) in [5, 5.41) is 1.25. The Balaban J connectivity index is 1.60. The van der Waals surface area contributed by atoms with E-state index in [4.69, 9.17) is 9.97 Å². The predicted molar refractivity (Wildman–Crippen MR) is 111 cm³/mol. The molecule has 4 rings (SSSR count). The molecular weight excluding hydrogens is 334 g/mol. The third-order valence-electron chi connectivity index (χ3n) is 5.49. The molecule has 27 heavy (non-hydrogen) atoms. The molecule has 1 saturated heterocycles. The molecule has 5 heteroatoms. The van der Waals surface area contributed by atoms with Crippen LogP contribution in [-0.4, -0.2) is 53.2 Å². The molecule has 1 unspecified atom stereocenters. The Morgan fingerprint density at radius 3 is 2.93 bits per heavy atom. The molecule has 0 radical (unpaired) electrons. The largest absolute Gasteiger partial charge is 0.370 e. The fourth-order valence-corrected chi connectivity index (χ4v) is 4.13. The third-order valence-corrected chi connectivity index (χ3v) is 5.49. The van der Waals surface area contributed by atoms with Gasteiger partial charge in [-0.2, -0.15) is 0 Å². The van der Waals surface area contributed by atoms with Crippen molar-refractivity contribution in [1.29, 1.82) is 0 Å². The topological polar surface area (TPSA) is 37.2 Å². The van der Waals surface area contributed by atoms with Crippen LogP contribution in [0.15, 0.2) is 42.7 Å². The highest BCUT2D eigenvalue weighted by atomic mass is 15.2. The average Bonchev–Trinajstić information content (AvgIpc) is 3.14. The molecule has 0 aliphatic carbocycles. The van der Waals surface area contributed by atoms with Crippen LogP contribution in [0, 0.1) is 6.92 Å². The number of imidazole rings is 1. The van der Waals surface area contributed by atoms with Gasteiger partial charge in [0.15, 0.2) is 0 Å². The predicted octanol–water partition coefficient (Wildman–Crippen LogP) is 3.69. The van der Waals surface area contributed by atoms with Gasteiger partial charge >= 0.3 is 0 Å². The number of nitrogens with zero attached hydrogens (tertiary/aromatic N) is 5. The quantitative estimate of drug-likeness (QED) is 0.693. The molecule has 142 valence electrons. The van der Waals surface area contributed by atoms with Crippen LogP contribution in [0.25, 0.3) is 10.9 Å². The van der Waals surface area contributed by atoms with E-state index in [0.29, 0.717) is 5.92 Å². The lowest BCUT2D eigenvalue weighted by Gasteiger charge is -2.35. The van der Waals surface area contributed by atoms with Gasteiger partial charge in [0.05, 0.1) is 5.52 Å². The van der Waals surface area contributed by atoms with Crippen LogP contribution in [0.5, 0.6) is 0 Å². The molecule has 3 aromatic rings. The number of pyridine rings is 1. The zero-order valence-corrected chi connectivity index (χ0v) is 16.6. The summed E-state index contributed by atoms with van der Waals surface area (Å²) in [6.45, 7) is 6.24. The summed E-state index contributed by atoms with van der Waals surface area (Å²) in [6, 6.07) is 10.7. The van der Waals surface area contributed by atoms with E-state index in [0.717, 1.165) is 37.4 Å². The smallest absolute Gasteiger partial charge is 0.113 e. The molecule has 0 saturated carbocycles. The van der Waals surface area contributed by atoms with E-state index < -0.39 is 0 Å². The molecule has 0 bridgehead atoms. The molecule has 0 amide bonds. The molecule has 1 aromatic carbocycles. The SMILES string of the molecule is Cc1cc(N2CCCC(c3nccn3CCN(C)C)C2)c2ccccc2n1. The highest BCUT2D eigenvalue weighted by Gasteiger charge is 2.26. The molecule has 1 aliphatic rings. The maximum absolute atomic E-state index is 4.73. The van der Waals surface area contributed by atoms with Crippen molar-refractivity contribution < 1.29 is 0 Å². The molecule has 0 spiro atoms. The summed E-state index contributed by atoms with van der Waals surface area (Å²) in [5.41, 5.74) is 3.48. The molecule has 1 aliphatic heterocycles. The van der Waals surface area contributed by atoms with Crippen molar-refractivity contribution in [3.8, 4) is 0 Å². The highest BCUT2D eigenvalue weighted by Crippen LogP contribution is 2.33. The minimum absolute atomic E-state index is 0.475. The fraction of sp³-hybridized carbons (Fsp3) is 0.455. The first-order chi connectivity index (χ1) is 13.1. The monoisotopic (exact) mass is 363 g/mol. The molecular formula is C22H29N5. The highest BCUT2D eigenvalue weighted by molar-refractivity contribution is 5.92. The molecule has 1 fully saturated rings. The van der Waals surface area contributed by atoms with Crippen molar-refractivity contribution in [3.05, 3.63) is 54.2 Å². The number of aromatic nitrogens is 3. The number of rotatable bonds is 5. The second-order valence-corrected chi connectivity index (χ2v) is 7.87. The van der Waals surface area contributed by atoms with Gasteiger partial charge in [0.2, 0.25) is 0 Å². The summed E-state index contributed by atoms with van der Waals surface area (Å²) >= 11 is 0. The minimum Gasteiger partial charge on any atom is -0.370 e. The minimum atomic E-state index is 0.475. The number of likely N-dealkylation sites (N-methyl/N-ethyl adjacent to an activating group) is 1. The van der Waals surface area contributed by atoms with Crippen LogP contribution in [0.3, 0.4) is 0 Å². The van der Waals surface area contributed by atoms with Gasteiger partial charge in [-0.15, -0.1) is 0 Å². The van der Waals surface area contributed by atoms with Crippen LogP contribution in [0.1, 0.15) is 30.3 Å². The standard InChI is InChI=1S/C22H29N5/c1-17-15-21(19-8-4-5-9-20(19)24-17)27-11-6-7-18(16-27)22-23-10-12-26(22)14-13-25(2)3/h4-5,8-10,12,15,18H,6-7,11,13-14,16H2,1-3H3. The summed E-state index contributed by atoms with van der Waals surface area (Å²) in [5.74, 6) is 1.71. The van der Waals surface area contributed by atoms with Gasteiger partial charge in [0.25, 0.3) is 0 Å². The van der Waals surface area contributed by atoms with Gasteiger partial charge in [-0.25, -0.2) is 4.98 Å². The Labute approximate surface area is 161 Å². The maximum Gasteiger partial charge on any atom is 0.113 e. The van der Waals surface area contributed by atoms with Crippen molar-refractivity contribution in [1.82, 2.24) is 19.4 Å². The van der Waals surface area contributed by atoms with Crippen molar-refractivity contribution in [2.75, 3.05) is 38.6 Å². The van der Waals surface area contributed by atoms with Crippen molar-refractivity contribution >= 4 is 16.6 Å². The number of hydrogen-bond acceptors (Lipinski definition) is 4. The molecule has 5 nitrogen and oxygen atoms in total. The van der Waals surface area contributed by atoms with E-state index in [1.807, 2.05) is 6.20 Å². The normalized spacial score (nSPS) is 17.8. The first-order valence-electron chi connectivity index (χ1n) is 9.89. The number of piperidine rings is 1. The van der Waals surface area contributed by atoms with Gasteiger partial charge in [0, 0.05) is 61.3 Å². The molecule has 2 aromatic heterocycles. The van der Waals surface area contributed by atoms with E-state index in [9.17, 15) is 0 Å². The zero-order chi connectivity index (χ0) is 18.8. The number of anilines is 1. The Bertz CT molecular complexity index is 914. The van der Waals surface area contributed by atoms with Crippen LogP contribution in [-0.2, 0) is 6.54 Å². The Morgan fingerprint density at radius 2 is 2.07 bits per heavy atom. The number of hydrogen-bond donors (Lipinski definition) is 0. The number of para-hydroxylation sites is 1. The van der Waals surface area contributed by atoms with Gasteiger partial charge in [-0.1, -0.05) is 18.2 Å². The van der Waals surface area contributed by atoms with Crippen molar-refractivity contribution in [3.63, 3.8) is 0 Å². The van der Waals surface area contributed by atoms with Gasteiger partial charge in [-0.05, 0) is 46.0 Å². The van der Waals surface area contributed by atoms with E-state index >= 15 is 0 Å². The van der Waals surface area contributed by atoms with E-state index in [1.165, 1.54) is 29.7 Å². The first-order valence-corrected chi connectivity index (χ1v) is 9.89. The summed E-state index contributed by atoms with van der Waals surface area (Å²) < 4.78 is 2.34. The molecule has 0 N–H and O–H groups in total. The van der Waals surface area contributed by atoms with E-state index in [1.54, 1.807) is 0 Å². The van der Waals surface area contributed by atoms with Gasteiger partial charge < -0.3 is 14.4 Å². The summed E-state index contributed by atoms with van der Waals surface area (Å²) in [4.78, 5) is 14.2. The Hall–Kier alpha value is -2.40. The van der Waals surface area contributed by atoms with Crippen LogP contribution < -0.4 is 4.90 Å². The van der Waals surface area contributed by atoms with Crippen molar-refractivity contribution in [2.24, 2.45) is 0 Å². The number of fused-ring (bicyclic) bond motifs is 1. The average molecular weight is 364 g/mol. The second kappa shape index (κ2) is 7.69. The lowest BCUT2D eigenvalue weighted by Crippen LogP contribution is -2.36. The zero-order valence-electron chi connectivity index (χ0n) is 16.6. The third kappa shape index (κ3) is 3.83. The van der Waals surface area contributed by atoms with Crippen LogP contribution in [0.2, 0.25) is 0 Å². The van der Waals surface area contributed by atoms with E-state index in [2.05, 4.69) is 71.9 Å². The first kappa shape index (κ1) is 18.0. The lowest BCUT2D eigenvalue weighted by atomic mass is 9.96. The van der Waals surface area contributed by atoms with Crippen LogP contribution in [0.4, 0.5) is 5.69 Å². The van der Waals surface area contributed by atoms with E-state index in [-0.39, 0.29) is 0 Å². The lowest BCUT2D eigenvalue weighted by molar-refractivity contribution is 0.373. The number of aryl methyl sites for hydroxylation is 1. The summed E-state index contributed by atoms with van der Waals surface area (Å²) in [6.07, 6.45) is 6.48. The van der Waals surface area contributed by atoms with Gasteiger partial charge in [0.1, 0.15) is 5.82 Å². The second-order valence-electron chi connectivity index (χ2n) is 7.87. The van der Waals surface area contributed by atoms with Gasteiger partial charge in [-0.3, -0.25) is 4.98 Å². The molecule has 3 heterocycles. The Morgan fingerprint density at radius 1 is 1.22 bits per heavy atom. The molecule has 1 atom stereocenters.